The minimum Gasteiger partial charge on any atom is -0.338 e. The number of amidine groups is 1. The Bertz CT molecular complexity index is 925. The molecule has 7 nitrogen and oxygen atoms in total. The zero-order valence-electron chi connectivity index (χ0n) is 10.9. The van der Waals surface area contributed by atoms with Crippen LogP contribution in [-0.4, -0.2) is 19.2 Å². The molecular weight excluding hydrogens is 330 g/mol. The van der Waals surface area contributed by atoms with E-state index in [1.807, 2.05) is 0 Å². The third kappa shape index (κ3) is 2.42. The van der Waals surface area contributed by atoms with Gasteiger partial charge in [0.1, 0.15) is 4.90 Å². The van der Waals surface area contributed by atoms with Crippen LogP contribution in [0.4, 0.5) is 11.4 Å². The summed E-state index contributed by atoms with van der Waals surface area (Å²) >= 11 is 6.01. The van der Waals surface area contributed by atoms with E-state index < -0.39 is 14.9 Å². The summed E-state index contributed by atoms with van der Waals surface area (Å²) in [5.41, 5.74) is 0.450. The molecule has 0 bridgehead atoms. The first kappa shape index (κ1) is 14.5. The molecule has 1 N–H and O–H groups in total. The fourth-order valence-corrected chi connectivity index (χ4v) is 3.41. The Labute approximate surface area is 130 Å². The molecule has 112 valence electrons. The molecule has 0 saturated heterocycles. The van der Waals surface area contributed by atoms with Crippen LogP contribution in [0.5, 0.6) is 0 Å². The molecule has 0 saturated carbocycles. The number of hydrogen-bond donors (Lipinski definition) is 1. The van der Waals surface area contributed by atoms with E-state index >= 15 is 0 Å². The van der Waals surface area contributed by atoms with E-state index in [1.165, 1.54) is 12.1 Å². The Kier molecular flexibility index (Phi) is 3.34. The van der Waals surface area contributed by atoms with Gasteiger partial charge in [-0.05, 0) is 18.2 Å². The lowest BCUT2D eigenvalue weighted by molar-refractivity contribution is -0.385. The van der Waals surface area contributed by atoms with Gasteiger partial charge in [-0.2, -0.15) is 8.42 Å². The van der Waals surface area contributed by atoms with Crippen molar-refractivity contribution in [2.75, 3.05) is 5.32 Å². The Balaban J connectivity index is 2.07. The van der Waals surface area contributed by atoms with Gasteiger partial charge in [-0.15, -0.1) is 4.40 Å². The van der Waals surface area contributed by atoms with Gasteiger partial charge in [0.05, 0.1) is 15.6 Å². The van der Waals surface area contributed by atoms with Gasteiger partial charge in [-0.25, -0.2) is 0 Å². The van der Waals surface area contributed by atoms with Crippen molar-refractivity contribution < 1.29 is 13.3 Å². The van der Waals surface area contributed by atoms with Gasteiger partial charge in [0.15, 0.2) is 5.84 Å². The maximum atomic E-state index is 12.0. The van der Waals surface area contributed by atoms with Crippen molar-refractivity contribution in [3.63, 3.8) is 0 Å². The van der Waals surface area contributed by atoms with Crippen molar-refractivity contribution in [1.82, 2.24) is 0 Å². The summed E-state index contributed by atoms with van der Waals surface area (Å²) in [4.78, 5) is 9.91. The van der Waals surface area contributed by atoms with E-state index in [0.29, 0.717) is 10.7 Å². The van der Waals surface area contributed by atoms with Crippen LogP contribution in [0.2, 0.25) is 5.02 Å². The number of nitro benzene ring substituents is 1. The summed E-state index contributed by atoms with van der Waals surface area (Å²) in [6.45, 7) is 0. The Morgan fingerprint density at radius 1 is 1.18 bits per heavy atom. The van der Waals surface area contributed by atoms with E-state index in [9.17, 15) is 18.5 Å². The monoisotopic (exact) mass is 337 g/mol. The summed E-state index contributed by atoms with van der Waals surface area (Å²) in [6, 6.07) is 10.3. The first-order chi connectivity index (χ1) is 10.4. The maximum absolute atomic E-state index is 12.0. The fourth-order valence-electron chi connectivity index (χ4n) is 2.03. The summed E-state index contributed by atoms with van der Waals surface area (Å²) in [7, 11) is -3.97. The van der Waals surface area contributed by atoms with Gasteiger partial charge in [0.25, 0.3) is 15.7 Å². The molecule has 0 fully saturated rings. The molecule has 2 aromatic rings. The first-order valence-corrected chi connectivity index (χ1v) is 7.85. The lowest BCUT2D eigenvalue weighted by Gasteiger charge is -2.07. The molecule has 0 aliphatic carbocycles. The molecule has 0 unspecified atom stereocenters. The van der Waals surface area contributed by atoms with Crippen LogP contribution in [0.1, 0.15) is 5.56 Å². The summed E-state index contributed by atoms with van der Waals surface area (Å²) in [5, 5.41) is 14.0. The van der Waals surface area contributed by atoms with Gasteiger partial charge < -0.3 is 5.32 Å². The van der Waals surface area contributed by atoms with Crippen molar-refractivity contribution in [3.8, 4) is 0 Å². The number of rotatable bonds is 2. The fraction of sp³-hybridized carbons (Fsp3) is 0. The molecule has 3 rings (SSSR count). The second-order valence-corrected chi connectivity index (χ2v) is 6.44. The number of nitrogens with one attached hydrogen (secondary N) is 1. The Morgan fingerprint density at radius 2 is 1.91 bits per heavy atom. The maximum Gasteiger partial charge on any atom is 0.285 e. The van der Waals surface area contributed by atoms with Gasteiger partial charge >= 0.3 is 0 Å². The van der Waals surface area contributed by atoms with Crippen LogP contribution in [-0.2, 0) is 10.0 Å². The molecular formula is C13H8ClN3O4S. The Hall–Kier alpha value is -2.45. The van der Waals surface area contributed by atoms with E-state index in [0.717, 1.165) is 6.07 Å². The van der Waals surface area contributed by atoms with Crippen molar-refractivity contribution in [3.05, 3.63) is 63.2 Å². The van der Waals surface area contributed by atoms with Crippen LogP contribution in [0.15, 0.2) is 51.8 Å². The number of nitrogens with zero attached hydrogens (tertiary/aromatic N) is 2. The number of sulfonamides is 1. The highest BCUT2D eigenvalue weighted by molar-refractivity contribution is 7.90. The zero-order chi connectivity index (χ0) is 15.9. The molecule has 0 radical (unpaired) electrons. The highest BCUT2D eigenvalue weighted by atomic mass is 35.5. The quantitative estimate of drug-likeness (QED) is 0.670. The molecule has 0 aromatic heterocycles. The second kappa shape index (κ2) is 5.08. The summed E-state index contributed by atoms with van der Waals surface area (Å²) in [6.07, 6.45) is 0. The van der Waals surface area contributed by atoms with Crippen LogP contribution >= 0.6 is 11.6 Å². The number of para-hydroxylation sites is 1. The van der Waals surface area contributed by atoms with E-state index in [4.69, 9.17) is 11.6 Å². The third-order valence-corrected chi connectivity index (χ3v) is 4.69. The number of nitro groups is 1. The molecule has 2 aromatic carbocycles. The predicted octanol–water partition coefficient (Wildman–Crippen LogP) is 2.81. The Morgan fingerprint density at radius 3 is 2.59 bits per heavy atom. The lowest BCUT2D eigenvalue weighted by atomic mass is 10.2. The van der Waals surface area contributed by atoms with Gasteiger partial charge in [0, 0.05) is 17.7 Å². The number of anilines is 1. The minimum atomic E-state index is -3.97. The smallest absolute Gasteiger partial charge is 0.285 e. The average Bonchev–Trinajstić information content (AvgIpc) is 2.72. The van der Waals surface area contributed by atoms with Crippen molar-refractivity contribution in [1.29, 1.82) is 0 Å². The molecule has 0 spiro atoms. The van der Waals surface area contributed by atoms with Crippen molar-refractivity contribution in [2.24, 2.45) is 4.40 Å². The SMILES string of the molecule is O=[N+]([O-])c1ccc2c(c1)S(=O)(=O)N=C2Nc1ccccc1Cl. The van der Waals surface area contributed by atoms with Crippen molar-refractivity contribution >= 4 is 38.8 Å². The molecule has 9 heteroatoms. The summed E-state index contributed by atoms with van der Waals surface area (Å²) < 4.78 is 27.7. The molecule has 0 atom stereocenters. The van der Waals surface area contributed by atoms with Gasteiger partial charge in [0.2, 0.25) is 0 Å². The minimum absolute atomic E-state index is 0.0815. The predicted molar refractivity (Wildman–Crippen MR) is 81.9 cm³/mol. The van der Waals surface area contributed by atoms with Crippen LogP contribution in [0, 0.1) is 10.1 Å². The summed E-state index contributed by atoms with van der Waals surface area (Å²) in [5.74, 6) is 0.0815. The molecule has 0 amide bonds. The molecule has 1 heterocycles. The normalized spacial score (nSPS) is 15.0. The largest absolute Gasteiger partial charge is 0.338 e. The molecule has 1 aliphatic heterocycles. The average molecular weight is 338 g/mol. The number of hydrogen-bond acceptors (Lipinski definition) is 5. The number of fused-ring (bicyclic) bond motifs is 1. The zero-order valence-corrected chi connectivity index (χ0v) is 12.4. The van der Waals surface area contributed by atoms with E-state index in [-0.39, 0.29) is 22.0 Å². The number of benzene rings is 2. The number of halogens is 1. The van der Waals surface area contributed by atoms with Gasteiger partial charge in [-0.1, -0.05) is 23.7 Å². The molecule has 22 heavy (non-hydrogen) atoms. The highest BCUT2D eigenvalue weighted by Gasteiger charge is 2.31. The molecule has 1 aliphatic rings. The van der Waals surface area contributed by atoms with Crippen molar-refractivity contribution in [2.45, 2.75) is 4.90 Å². The topological polar surface area (TPSA) is 102 Å². The van der Waals surface area contributed by atoms with E-state index in [1.54, 1.807) is 24.3 Å². The second-order valence-electron chi connectivity index (χ2n) is 4.46. The first-order valence-electron chi connectivity index (χ1n) is 6.04. The van der Waals surface area contributed by atoms with Gasteiger partial charge in [-0.3, -0.25) is 10.1 Å². The highest BCUT2D eigenvalue weighted by Crippen LogP contribution is 2.31. The van der Waals surface area contributed by atoms with E-state index in [2.05, 4.69) is 9.71 Å². The number of non-ortho nitro benzene ring substituents is 1. The van der Waals surface area contributed by atoms with Crippen LogP contribution in [0.3, 0.4) is 0 Å². The van der Waals surface area contributed by atoms with Crippen LogP contribution in [0.25, 0.3) is 0 Å². The third-order valence-electron chi connectivity index (χ3n) is 3.05. The standard InChI is InChI=1S/C13H8ClN3O4S/c14-10-3-1-2-4-11(10)15-13-9-6-5-8(17(18)19)7-12(9)22(20,21)16-13/h1-7H,(H,15,16). The lowest BCUT2D eigenvalue weighted by Crippen LogP contribution is -2.11. The van der Waals surface area contributed by atoms with Crippen LogP contribution < -0.4 is 5.32 Å².